The number of halogens is 1. The van der Waals surface area contributed by atoms with Crippen molar-refractivity contribution in [1.82, 2.24) is 15.1 Å². The van der Waals surface area contributed by atoms with Gasteiger partial charge in [0.05, 0.1) is 0 Å². The van der Waals surface area contributed by atoms with Crippen LogP contribution in [0.1, 0.15) is 25.3 Å². The Morgan fingerprint density at radius 1 is 1.39 bits per heavy atom. The van der Waals surface area contributed by atoms with Crippen LogP contribution >= 0.6 is 0 Å². The molecular weight excluding hydrogens is 301 g/mol. The summed E-state index contributed by atoms with van der Waals surface area (Å²) in [7, 11) is 1.55. The molecule has 1 aliphatic heterocycles. The van der Waals surface area contributed by atoms with Crippen molar-refractivity contribution < 1.29 is 18.8 Å². The first-order valence-corrected chi connectivity index (χ1v) is 7.52. The van der Waals surface area contributed by atoms with Crippen LogP contribution in [0.2, 0.25) is 0 Å². The molecule has 1 aromatic carbocycles. The van der Waals surface area contributed by atoms with Gasteiger partial charge in [-0.1, -0.05) is 25.5 Å². The molecule has 2 rings (SSSR count). The maximum absolute atomic E-state index is 13.2. The molecule has 0 spiro atoms. The highest BCUT2D eigenvalue weighted by atomic mass is 19.1. The fourth-order valence-electron chi connectivity index (χ4n) is 2.46. The second-order valence-electron chi connectivity index (χ2n) is 5.59. The van der Waals surface area contributed by atoms with Gasteiger partial charge in [-0.05, 0) is 24.1 Å². The topological polar surface area (TPSA) is 69.7 Å². The highest BCUT2D eigenvalue weighted by Gasteiger charge is 2.38. The molecule has 124 valence electrons. The van der Waals surface area contributed by atoms with Gasteiger partial charge in [0, 0.05) is 13.6 Å². The van der Waals surface area contributed by atoms with E-state index < -0.39 is 12.1 Å². The molecule has 4 amide bonds. The Morgan fingerprint density at radius 2 is 2.13 bits per heavy atom. The van der Waals surface area contributed by atoms with Crippen molar-refractivity contribution in [2.24, 2.45) is 0 Å². The standard InChI is InChI=1S/C16H20FN3O3/c1-3-5-13-15(22)20(16(23)18-13)10-14(21)19(2)9-11-6-4-7-12(17)8-11/h4,6-8,13H,3,5,9-10H2,1-2H3,(H,18,23)/t13-/m1/s1. The van der Waals surface area contributed by atoms with E-state index in [1.54, 1.807) is 19.2 Å². The Bertz CT molecular complexity index is 620. The minimum Gasteiger partial charge on any atom is -0.340 e. The van der Waals surface area contributed by atoms with E-state index in [0.29, 0.717) is 12.0 Å². The summed E-state index contributed by atoms with van der Waals surface area (Å²) in [5, 5.41) is 2.57. The van der Waals surface area contributed by atoms with Gasteiger partial charge in [-0.25, -0.2) is 9.18 Å². The molecule has 1 saturated heterocycles. The molecule has 1 aliphatic rings. The fraction of sp³-hybridized carbons (Fsp3) is 0.438. The van der Waals surface area contributed by atoms with Crippen molar-refractivity contribution >= 4 is 17.8 Å². The zero-order valence-corrected chi connectivity index (χ0v) is 13.2. The predicted molar refractivity (Wildman–Crippen MR) is 81.8 cm³/mol. The smallest absolute Gasteiger partial charge is 0.325 e. The average molecular weight is 321 g/mol. The number of nitrogens with one attached hydrogen (secondary N) is 1. The fourth-order valence-corrected chi connectivity index (χ4v) is 2.46. The summed E-state index contributed by atoms with van der Waals surface area (Å²) in [4.78, 5) is 38.4. The van der Waals surface area contributed by atoms with E-state index in [0.717, 1.165) is 11.3 Å². The van der Waals surface area contributed by atoms with Crippen LogP contribution in [0.5, 0.6) is 0 Å². The van der Waals surface area contributed by atoms with Crippen molar-refractivity contribution in [2.75, 3.05) is 13.6 Å². The molecule has 1 aromatic rings. The van der Waals surface area contributed by atoms with E-state index in [9.17, 15) is 18.8 Å². The number of benzene rings is 1. The van der Waals surface area contributed by atoms with Gasteiger partial charge in [0.1, 0.15) is 18.4 Å². The monoisotopic (exact) mass is 321 g/mol. The summed E-state index contributed by atoms with van der Waals surface area (Å²) < 4.78 is 13.2. The van der Waals surface area contributed by atoms with E-state index in [2.05, 4.69) is 5.32 Å². The zero-order chi connectivity index (χ0) is 17.0. The second-order valence-corrected chi connectivity index (χ2v) is 5.59. The molecule has 23 heavy (non-hydrogen) atoms. The predicted octanol–water partition coefficient (Wildman–Crippen LogP) is 1.50. The van der Waals surface area contributed by atoms with Crippen LogP contribution < -0.4 is 5.32 Å². The Morgan fingerprint density at radius 3 is 2.78 bits per heavy atom. The molecule has 0 aromatic heterocycles. The minimum atomic E-state index is -0.547. The molecular formula is C16H20FN3O3. The summed E-state index contributed by atoms with van der Waals surface area (Å²) >= 11 is 0. The van der Waals surface area contributed by atoms with Crippen molar-refractivity contribution in [3.8, 4) is 0 Å². The van der Waals surface area contributed by atoms with Gasteiger partial charge < -0.3 is 10.2 Å². The average Bonchev–Trinajstić information content (AvgIpc) is 2.75. The lowest BCUT2D eigenvalue weighted by atomic mass is 10.1. The third kappa shape index (κ3) is 4.06. The van der Waals surface area contributed by atoms with Gasteiger partial charge in [0.15, 0.2) is 0 Å². The summed E-state index contributed by atoms with van der Waals surface area (Å²) in [6.45, 7) is 1.81. The minimum absolute atomic E-state index is 0.207. The number of carbonyl (C=O) groups excluding carboxylic acids is 3. The summed E-state index contributed by atoms with van der Waals surface area (Å²) in [6, 6.07) is 4.85. The van der Waals surface area contributed by atoms with Crippen LogP contribution in [-0.2, 0) is 16.1 Å². The first-order valence-electron chi connectivity index (χ1n) is 7.52. The number of carbonyl (C=O) groups is 3. The highest BCUT2D eigenvalue weighted by molar-refractivity contribution is 6.06. The lowest BCUT2D eigenvalue weighted by Crippen LogP contribution is -2.41. The largest absolute Gasteiger partial charge is 0.340 e. The van der Waals surface area contributed by atoms with Crippen LogP contribution in [0.15, 0.2) is 24.3 Å². The Labute approximate surface area is 134 Å². The van der Waals surface area contributed by atoms with Crippen LogP contribution in [-0.4, -0.2) is 47.3 Å². The number of nitrogens with zero attached hydrogens (tertiary/aromatic N) is 2. The van der Waals surface area contributed by atoms with Crippen molar-refractivity contribution in [3.05, 3.63) is 35.6 Å². The summed E-state index contributed by atoms with van der Waals surface area (Å²) in [6.07, 6.45) is 1.31. The normalized spacial score (nSPS) is 17.3. The number of likely N-dealkylation sites (N-methyl/N-ethyl adjacent to an activating group) is 1. The van der Waals surface area contributed by atoms with Crippen molar-refractivity contribution in [2.45, 2.75) is 32.4 Å². The quantitative estimate of drug-likeness (QED) is 0.807. The third-order valence-corrected chi connectivity index (χ3v) is 3.71. The van der Waals surface area contributed by atoms with Crippen LogP contribution in [0.3, 0.4) is 0 Å². The number of hydrogen-bond donors (Lipinski definition) is 1. The molecule has 6 nitrogen and oxygen atoms in total. The first-order chi connectivity index (χ1) is 10.9. The number of hydrogen-bond acceptors (Lipinski definition) is 3. The molecule has 0 radical (unpaired) electrons. The maximum Gasteiger partial charge on any atom is 0.325 e. The van der Waals surface area contributed by atoms with Crippen molar-refractivity contribution in [1.29, 1.82) is 0 Å². The van der Waals surface area contributed by atoms with E-state index in [4.69, 9.17) is 0 Å². The molecule has 1 fully saturated rings. The third-order valence-electron chi connectivity index (χ3n) is 3.71. The molecule has 0 bridgehead atoms. The molecule has 0 aliphatic carbocycles. The van der Waals surface area contributed by atoms with Gasteiger partial charge in [-0.3, -0.25) is 14.5 Å². The van der Waals surface area contributed by atoms with Crippen LogP contribution in [0.25, 0.3) is 0 Å². The SMILES string of the molecule is CCC[C@H]1NC(=O)N(CC(=O)N(C)Cc2cccc(F)c2)C1=O. The lowest BCUT2D eigenvalue weighted by Gasteiger charge is -2.20. The number of imide groups is 1. The Hall–Kier alpha value is -2.44. The van der Waals surface area contributed by atoms with E-state index in [1.165, 1.54) is 17.0 Å². The molecule has 0 unspecified atom stereocenters. The highest BCUT2D eigenvalue weighted by Crippen LogP contribution is 2.12. The molecule has 7 heteroatoms. The van der Waals surface area contributed by atoms with E-state index in [1.807, 2.05) is 6.92 Å². The lowest BCUT2D eigenvalue weighted by molar-refractivity contribution is -0.136. The van der Waals surface area contributed by atoms with E-state index in [-0.39, 0.29) is 30.7 Å². The van der Waals surface area contributed by atoms with Gasteiger partial charge in [-0.15, -0.1) is 0 Å². The number of amides is 4. The first kappa shape index (κ1) is 16.9. The van der Waals surface area contributed by atoms with E-state index >= 15 is 0 Å². The number of rotatable bonds is 6. The zero-order valence-electron chi connectivity index (χ0n) is 13.2. The van der Waals surface area contributed by atoms with Crippen molar-refractivity contribution in [3.63, 3.8) is 0 Å². The Kier molecular flexibility index (Phi) is 5.31. The van der Waals surface area contributed by atoms with Gasteiger partial charge in [-0.2, -0.15) is 0 Å². The number of urea groups is 1. The maximum atomic E-state index is 13.2. The molecule has 1 atom stereocenters. The summed E-state index contributed by atoms with van der Waals surface area (Å²) in [5.74, 6) is -1.13. The summed E-state index contributed by atoms with van der Waals surface area (Å²) in [5.41, 5.74) is 0.641. The molecule has 1 N–H and O–H groups in total. The second kappa shape index (κ2) is 7.21. The molecule has 0 saturated carbocycles. The Balaban J connectivity index is 1.95. The van der Waals surface area contributed by atoms with Gasteiger partial charge >= 0.3 is 6.03 Å². The van der Waals surface area contributed by atoms with Gasteiger partial charge in [0.2, 0.25) is 5.91 Å². The van der Waals surface area contributed by atoms with Gasteiger partial charge in [0.25, 0.3) is 5.91 Å². The molecule has 1 heterocycles. The van der Waals surface area contributed by atoms with Crippen LogP contribution in [0, 0.1) is 5.82 Å². The van der Waals surface area contributed by atoms with Crippen LogP contribution in [0.4, 0.5) is 9.18 Å².